The number of hydrogen-bond acceptors (Lipinski definition) is 36. The van der Waals surface area contributed by atoms with Crippen molar-refractivity contribution in [2.24, 2.45) is 0 Å². The van der Waals surface area contributed by atoms with Gasteiger partial charge in [-0.1, -0.05) is 0 Å². The van der Waals surface area contributed by atoms with Crippen LogP contribution in [0.3, 0.4) is 0 Å². The average molecular weight is 1330 g/mol. The molecule has 4 aliphatic rings. The lowest BCUT2D eigenvalue weighted by atomic mass is 10.1. The normalized spacial score (nSPS) is 27.7. The number of fused-ring (bicyclic) bond motifs is 4. The Hall–Kier alpha value is -6.64. The molecular weight excluding hydrogens is 1260 g/mol. The van der Waals surface area contributed by atoms with Gasteiger partial charge in [0.1, 0.15) is 120 Å². The predicted molar refractivity (Wildman–Crippen MR) is 302 cm³/mol. The molecule has 12 heterocycles. The summed E-state index contributed by atoms with van der Waals surface area (Å²) < 4.78 is 37.9. The van der Waals surface area contributed by atoms with Crippen molar-refractivity contribution < 1.29 is 119 Å². The summed E-state index contributed by atoms with van der Waals surface area (Å²) in [5, 5.41) is 115. The SMILES string of the molecule is Nc1nc(=O)[nH]c2c([C@@H]3O[C@H](CO)[C@@H](O)[C@H]3O)snc12.Nc1nc(=O)[nH]c2c([C@@H]3O[C@H](CO)[C@@H](O)[C@H]3O)snc12.Nc1nc(=O)[nH]c2c([C@@H]3O[C@H](CO)[C@@H](O)[C@H]3O)snc12.Nc1nc(=O)[nH]c2c([C@@H]3O[C@H](CO)[C@@H](O)[C@H]3O)snc12.O.O.O.O.O.O.O. The number of rotatable bonds is 8. The molecule has 0 amide bonds. The van der Waals surface area contributed by atoms with E-state index in [1.54, 1.807) is 0 Å². The van der Waals surface area contributed by atoms with Crippen LogP contribution in [-0.4, -0.2) is 257 Å². The first kappa shape index (κ1) is 76.5. The van der Waals surface area contributed by atoms with Crippen molar-refractivity contribution in [1.29, 1.82) is 0 Å². The van der Waals surface area contributed by atoms with Crippen molar-refractivity contribution in [1.82, 2.24) is 57.4 Å². The van der Waals surface area contributed by atoms with E-state index in [-0.39, 0.29) is 61.6 Å². The van der Waals surface area contributed by atoms with E-state index in [1.807, 2.05) is 0 Å². The second kappa shape index (κ2) is 31.0. The first-order valence-corrected chi connectivity index (χ1v) is 26.3. The van der Waals surface area contributed by atoms with E-state index in [0.29, 0.717) is 63.6 Å². The lowest BCUT2D eigenvalue weighted by Crippen LogP contribution is -2.32. The molecule has 4 fully saturated rings. The molecule has 4 saturated heterocycles. The van der Waals surface area contributed by atoms with Gasteiger partial charge in [0, 0.05) is 0 Å². The highest BCUT2D eigenvalue weighted by atomic mass is 32.1. The Morgan fingerprint density at radius 3 is 0.655 bits per heavy atom. The molecule has 0 bridgehead atoms. The Kier molecular flexibility index (Phi) is 27.3. The number of aliphatic hydroxyl groups excluding tert-OH is 12. The van der Waals surface area contributed by atoms with Crippen LogP contribution in [0, 0.1) is 0 Å². The molecule has 0 unspecified atom stereocenters. The Bertz CT molecular complexity index is 3290. The minimum absolute atomic E-state index is 0. The van der Waals surface area contributed by atoms with Crippen molar-refractivity contribution in [3.8, 4) is 0 Å². The zero-order valence-electron chi connectivity index (χ0n) is 43.7. The highest BCUT2D eigenvalue weighted by Crippen LogP contribution is 2.43. The molecule has 43 nitrogen and oxygen atoms in total. The minimum atomic E-state index is -1.23. The Labute approximate surface area is 496 Å². The van der Waals surface area contributed by atoms with Gasteiger partial charge in [-0.3, -0.25) is 0 Å². The number of nitrogens with zero attached hydrogens (tertiary/aromatic N) is 8. The largest absolute Gasteiger partial charge is 0.412 e. The third kappa shape index (κ3) is 14.4. The summed E-state index contributed by atoms with van der Waals surface area (Å²) in [4.78, 5) is 71.3. The first-order valence-electron chi connectivity index (χ1n) is 23.2. The number of aromatic nitrogens is 12. The second-order valence-corrected chi connectivity index (χ2v) is 21.0. The Morgan fingerprint density at radius 1 is 0.333 bits per heavy atom. The number of ether oxygens (including phenoxy) is 4. The number of nitrogen functional groups attached to an aromatic ring is 4. The van der Waals surface area contributed by atoms with Gasteiger partial charge in [0.05, 0.1) is 68.0 Å². The van der Waals surface area contributed by atoms with Gasteiger partial charge in [0.25, 0.3) is 0 Å². The molecule has 488 valence electrons. The summed E-state index contributed by atoms with van der Waals surface area (Å²) in [6.07, 6.45) is -16.9. The van der Waals surface area contributed by atoms with Crippen LogP contribution >= 0.6 is 46.1 Å². The van der Waals surface area contributed by atoms with Crippen LogP contribution in [0.25, 0.3) is 44.1 Å². The van der Waals surface area contributed by atoms with E-state index in [9.17, 15) is 60.0 Å². The topological polar surface area (TPSA) is 839 Å². The van der Waals surface area contributed by atoms with Crippen molar-refractivity contribution in [3.05, 3.63) is 61.4 Å². The first-order chi connectivity index (χ1) is 38.1. The van der Waals surface area contributed by atoms with Crippen molar-refractivity contribution in [2.75, 3.05) is 49.4 Å². The highest BCUT2D eigenvalue weighted by molar-refractivity contribution is 7.08. The number of aliphatic hydroxyl groups is 12. The fraction of sp³-hybridized carbons (Fsp3) is 0.500. The molecule has 47 heteroatoms. The fourth-order valence-electron chi connectivity index (χ4n) is 8.82. The number of anilines is 4. The summed E-state index contributed by atoms with van der Waals surface area (Å²) in [7, 11) is 0. The van der Waals surface area contributed by atoms with E-state index in [0.717, 1.165) is 46.1 Å². The molecule has 0 aromatic carbocycles. The highest BCUT2D eigenvalue weighted by Gasteiger charge is 2.48. The van der Waals surface area contributed by atoms with Gasteiger partial charge in [0.2, 0.25) is 0 Å². The Morgan fingerprint density at radius 2 is 0.506 bits per heavy atom. The van der Waals surface area contributed by atoms with E-state index in [4.69, 9.17) is 62.3 Å². The third-order valence-electron chi connectivity index (χ3n) is 12.9. The Balaban J connectivity index is 0.000000385. The monoisotopic (exact) mass is 1330 g/mol. The smallest absolute Gasteiger partial charge is 0.347 e. The molecule has 0 saturated carbocycles. The van der Waals surface area contributed by atoms with Crippen molar-refractivity contribution >= 4 is 114 Å². The number of nitrogens with one attached hydrogen (secondary N) is 4. The van der Waals surface area contributed by atoms with Crippen LogP contribution < -0.4 is 45.7 Å². The summed E-state index contributed by atoms with van der Waals surface area (Å²) >= 11 is 3.93. The van der Waals surface area contributed by atoms with Gasteiger partial charge in [-0.15, -0.1) is 0 Å². The molecule has 8 aromatic heterocycles. The standard InChI is InChI=1S/4C10H12N4O5S.7H2O/c4*11-9-4-3(12-10(18)13-9)8(20-14-4)7-6(17)5(16)2(1-15)19-7;;;;;;;/h4*2,5-7,15-17H,1H2,(H3,11,12,13,18);7*1H2/t4*2-,5-,6-,7-;;;;;;;/m1111......./s1. The van der Waals surface area contributed by atoms with Crippen LogP contribution in [-0.2, 0) is 18.9 Å². The number of aromatic amines is 4. The van der Waals surface area contributed by atoms with E-state index in [1.165, 1.54) is 0 Å². The minimum Gasteiger partial charge on any atom is -0.412 e. The molecular formula is C40H62N16O27S4. The van der Waals surface area contributed by atoms with Gasteiger partial charge >= 0.3 is 22.8 Å². The number of hydrogen-bond donors (Lipinski definition) is 20. The van der Waals surface area contributed by atoms with E-state index < -0.39 is 147 Å². The van der Waals surface area contributed by atoms with E-state index in [2.05, 4.69) is 57.4 Å². The second-order valence-electron chi connectivity index (χ2n) is 17.8. The van der Waals surface area contributed by atoms with E-state index >= 15 is 0 Å². The average Bonchev–Trinajstić information content (AvgIpc) is 4.45. The molecule has 0 radical (unpaired) electrons. The summed E-state index contributed by atoms with van der Waals surface area (Å²) in [5.41, 5.74) is 22.4. The van der Waals surface area contributed by atoms with Crippen LogP contribution in [0.1, 0.15) is 43.9 Å². The maximum atomic E-state index is 11.4. The maximum Gasteiger partial charge on any atom is 0.347 e. The van der Waals surface area contributed by atoms with Crippen LogP contribution in [0.15, 0.2) is 19.2 Å². The molecule has 38 N–H and O–H groups in total. The van der Waals surface area contributed by atoms with Crippen LogP contribution in [0.5, 0.6) is 0 Å². The van der Waals surface area contributed by atoms with Gasteiger partial charge in [0.15, 0.2) is 23.3 Å². The quantitative estimate of drug-likeness (QED) is 0.0672. The molecule has 0 spiro atoms. The van der Waals surface area contributed by atoms with Gasteiger partial charge in [-0.05, 0) is 46.1 Å². The summed E-state index contributed by atoms with van der Waals surface area (Å²) in [5.74, 6) is -0.0630. The van der Waals surface area contributed by atoms with Gasteiger partial charge < -0.3 is 161 Å². The van der Waals surface area contributed by atoms with Crippen LogP contribution in [0.2, 0.25) is 0 Å². The lowest BCUT2D eigenvalue weighted by Gasteiger charge is -2.12. The van der Waals surface area contributed by atoms with Gasteiger partial charge in [-0.2, -0.15) is 37.4 Å². The lowest BCUT2D eigenvalue weighted by molar-refractivity contribution is -0.0215. The predicted octanol–water partition coefficient (Wildman–Crippen LogP) is -13.3. The third-order valence-corrected chi connectivity index (χ3v) is 16.5. The summed E-state index contributed by atoms with van der Waals surface area (Å²) in [6.45, 7) is -1.70. The maximum absolute atomic E-state index is 11.4. The van der Waals surface area contributed by atoms with Crippen molar-refractivity contribution in [2.45, 2.75) is 97.7 Å². The van der Waals surface area contributed by atoms with Gasteiger partial charge in [-0.25, -0.2) is 19.2 Å². The molecule has 0 aliphatic carbocycles. The fourth-order valence-corrected chi connectivity index (χ4v) is 12.5. The molecule has 8 aromatic rings. The summed E-state index contributed by atoms with van der Waals surface area (Å²) in [6, 6.07) is 0. The van der Waals surface area contributed by atoms with Crippen molar-refractivity contribution in [3.63, 3.8) is 0 Å². The molecule has 12 rings (SSSR count). The zero-order chi connectivity index (χ0) is 57.8. The number of nitrogens with two attached hydrogens (primary N) is 4. The van der Waals surface area contributed by atoms with Crippen LogP contribution in [0.4, 0.5) is 23.3 Å². The zero-order valence-corrected chi connectivity index (χ0v) is 47.0. The molecule has 87 heavy (non-hydrogen) atoms. The molecule has 4 aliphatic heterocycles. The number of H-pyrrole nitrogens is 4. The molecule has 16 atom stereocenters.